The van der Waals surface area contributed by atoms with Crippen molar-refractivity contribution in [2.75, 3.05) is 0 Å². The normalized spacial score (nSPS) is 40.3. The van der Waals surface area contributed by atoms with Gasteiger partial charge in [-0.2, -0.15) is 0 Å². The number of allylic oxidation sites excluding steroid dienone is 1. The largest absolute Gasteiger partial charge is 0.481 e. The number of hydrogen-bond acceptors (Lipinski definition) is 2. The molecule has 0 bridgehead atoms. The maximum Gasteiger partial charge on any atom is 0.307 e. The van der Waals surface area contributed by atoms with Gasteiger partial charge in [0.2, 0.25) is 0 Å². The Bertz CT molecular complexity index is 372. The van der Waals surface area contributed by atoms with Gasteiger partial charge in [-0.1, -0.05) is 19.9 Å². The monoisotopic (exact) mass is 252 g/mol. The van der Waals surface area contributed by atoms with Crippen molar-refractivity contribution in [3.05, 3.63) is 11.6 Å². The molecule has 2 aliphatic carbocycles. The van der Waals surface area contributed by atoms with Gasteiger partial charge in [0.15, 0.2) is 0 Å². The van der Waals surface area contributed by atoms with Crippen molar-refractivity contribution >= 4 is 5.97 Å². The fraction of sp³-hybridized carbons (Fsp3) is 0.800. The summed E-state index contributed by atoms with van der Waals surface area (Å²) >= 11 is 0. The van der Waals surface area contributed by atoms with E-state index in [4.69, 9.17) is 0 Å². The molecule has 2 N–H and O–H groups in total. The quantitative estimate of drug-likeness (QED) is 0.743. The number of rotatable bonds is 2. The molecule has 4 atom stereocenters. The lowest BCUT2D eigenvalue weighted by Gasteiger charge is -2.44. The standard InChI is InChI=1S/C15H24O3/c1-9(2)11-4-5-12(14(17)18)15(11)7-6-10(3)13(16)8-15/h6,9,11-13,16H,4-5,7-8H2,1-3H3,(H,17,18). The Labute approximate surface area is 109 Å². The van der Waals surface area contributed by atoms with Crippen LogP contribution in [0.3, 0.4) is 0 Å². The van der Waals surface area contributed by atoms with E-state index in [1.807, 2.05) is 6.92 Å². The minimum absolute atomic E-state index is 0.223. The molecule has 0 amide bonds. The van der Waals surface area contributed by atoms with E-state index in [1.165, 1.54) is 0 Å². The minimum Gasteiger partial charge on any atom is -0.481 e. The highest BCUT2D eigenvalue weighted by Gasteiger charge is 2.55. The zero-order valence-electron chi connectivity index (χ0n) is 11.5. The maximum absolute atomic E-state index is 11.5. The molecule has 0 aromatic carbocycles. The van der Waals surface area contributed by atoms with Crippen LogP contribution in [0.4, 0.5) is 0 Å². The predicted octanol–water partition coefficient (Wildman–Crippen LogP) is 2.84. The molecule has 3 heteroatoms. The Kier molecular flexibility index (Phi) is 3.54. The second kappa shape index (κ2) is 4.69. The van der Waals surface area contributed by atoms with Crippen molar-refractivity contribution < 1.29 is 15.0 Å². The summed E-state index contributed by atoms with van der Waals surface area (Å²) in [5.41, 5.74) is 0.776. The van der Waals surface area contributed by atoms with Gasteiger partial charge in [-0.25, -0.2) is 0 Å². The van der Waals surface area contributed by atoms with Crippen LogP contribution in [0.25, 0.3) is 0 Å². The van der Waals surface area contributed by atoms with E-state index in [9.17, 15) is 15.0 Å². The molecular weight excluding hydrogens is 228 g/mol. The first kappa shape index (κ1) is 13.6. The van der Waals surface area contributed by atoms with Crippen LogP contribution in [-0.4, -0.2) is 22.3 Å². The van der Waals surface area contributed by atoms with Gasteiger partial charge in [0, 0.05) is 0 Å². The van der Waals surface area contributed by atoms with E-state index in [0.29, 0.717) is 18.3 Å². The van der Waals surface area contributed by atoms with Crippen LogP contribution >= 0.6 is 0 Å². The van der Waals surface area contributed by atoms with Gasteiger partial charge in [-0.05, 0) is 55.4 Å². The summed E-state index contributed by atoms with van der Waals surface area (Å²) in [6, 6.07) is 0. The predicted molar refractivity (Wildman–Crippen MR) is 70.1 cm³/mol. The fourth-order valence-electron chi connectivity index (χ4n) is 4.22. The van der Waals surface area contributed by atoms with E-state index in [1.54, 1.807) is 0 Å². The highest BCUT2D eigenvalue weighted by molar-refractivity contribution is 5.72. The first-order valence-corrected chi connectivity index (χ1v) is 6.96. The third-order valence-corrected chi connectivity index (χ3v) is 5.20. The van der Waals surface area contributed by atoms with Gasteiger partial charge < -0.3 is 10.2 Å². The highest BCUT2D eigenvalue weighted by atomic mass is 16.4. The molecule has 3 nitrogen and oxygen atoms in total. The average molecular weight is 252 g/mol. The Hall–Kier alpha value is -0.830. The lowest BCUT2D eigenvalue weighted by Crippen LogP contribution is -2.43. The van der Waals surface area contributed by atoms with Crippen molar-refractivity contribution in [1.29, 1.82) is 0 Å². The summed E-state index contributed by atoms with van der Waals surface area (Å²) in [4.78, 5) is 11.5. The van der Waals surface area contributed by atoms with Crippen molar-refractivity contribution in [2.24, 2.45) is 23.2 Å². The average Bonchev–Trinajstić information content (AvgIpc) is 2.63. The second-order valence-corrected chi connectivity index (χ2v) is 6.42. The molecular formula is C15H24O3. The van der Waals surface area contributed by atoms with E-state index in [-0.39, 0.29) is 11.3 Å². The van der Waals surface area contributed by atoms with Crippen LogP contribution in [0.1, 0.15) is 46.5 Å². The lowest BCUT2D eigenvalue weighted by molar-refractivity contribution is -0.147. The third-order valence-electron chi connectivity index (χ3n) is 5.20. The zero-order valence-corrected chi connectivity index (χ0v) is 11.5. The number of aliphatic carboxylic acids is 1. The Balaban J connectivity index is 2.37. The van der Waals surface area contributed by atoms with Crippen molar-refractivity contribution in [3.8, 4) is 0 Å². The van der Waals surface area contributed by atoms with Gasteiger partial charge in [0.1, 0.15) is 0 Å². The molecule has 1 fully saturated rings. The zero-order chi connectivity index (χ0) is 13.5. The molecule has 0 saturated heterocycles. The lowest BCUT2D eigenvalue weighted by atomic mass is 9.60. The van der Waals surface area contributed by atoms with Crippen LogP contribution in [-0.2, 0) is 4.79 Å². The number of carbonyl (C=O) groups is 1. The Morgan fingerprint density at radius 2 is 2.11 bits per heavy atom. The van der Waals surface area contributed by atoms with Crippen molar-refractivity contribution in [1.82, 2.24) is 0 Å². The minimum atomic E-state index is -0.682. The molecule has 1 spiro atoms. The summed E-state index contributed by atoms with van der Waals surface area (Å²) in [5, 5.41) is 19.6. The molecule has 1 saturated carbocycles. The molecule has 0 aliphatic heterocycles. The van der Waals surface area contributed by atoms with Crippen LogP contribution in [0.5, 0.6) is 0 Å². The third kappa shape index (κ3) is 1.99. The molecule has 102 valence electrons. The van der Waals surface area contributed by atoms with E-state index in [0.717, 1.165) is 24.8 Å². The number of carboxylic acid groups (broad SMARTS) is 1. The number of carboxylic acids is 1. The first-order valence-electron chi connectivity index (χ1n) is 6.96. The molecule has 0 aromatic rings. The van der Waals surface area contributed by atoms with Crippen LogP contribution in [0.15, 0.2) is 11.6 Å². The Morgan fingerprint density at radius 1 is 1.44 bits per heavy atom. The van der Waals surface area contributed by atoms with Gasteiger partial charge in [0.25, 0.3) is 0 Å². The molecule has 2 rings (SSSR count). The van der Waals surface area contributed by atoms with Crippen LogP contribution in [0, 0.1) is 23.2 Å². The SMILES string of the molecule is CC1=CCC2(CC1O)C(C(=O)O)CCC2C(C)C. The fourth-order valence-corrected chi connectivity index (χ4v) is 4.22. The molecule has 0 aromatic heterocycles. The van der Waals surface area contributed by atoms with Gasteiger partial charge in [-0.3, -0.25) is 4.79 Å². The Morgan fingerprint density at radius 3 is 2.61 bits per heavy atom. The van der Waals surface area contributed by atoms with Crippen LogP contribution in [0.2, 0.25) is 0 Å². The summed E-state index contributed by atoms with van der Waals surface area (Å²) in [5.74, 6) is -0.0758. The molecule has 0 heterocycles. The van der Waals surface area contributed by atoms with Crippen molar-refractivity contribution in [2.45, 2.75) is 52.6 Å². The number of hydrogen-bond donors (Lipinski definition) is 2. The summed E-state index contributed by atoms with van der Waals surface area (Å²) in [7, 11) is 0. The summed E-state index contributed by atoms with van der Waals surface area (Å²) < 4.78 is 0. The summed E-state index contributed by atoms with van der Waals surface area (Å²) in [6.45, 7) is 6.29. The maximum atomic E-state index is 11.5. The molecule has 0 radical (unpaired) electrons. The van der Waals surface area contributed by atoms with Crippen molar-refractivity contribution in [3.63, 3.8) is 0 Å². The summed E-state index contributed by atoms with van der Waals surface area (Å²) in [6.07, 6.45) is 4.78. The topological polar surface area (TPSA) is 57.5 Å². The first-order chi connectivity index (χ1) is 8.38. The van der Waals surface area contributed by atoms with Gasteiger partial charge >= 0.3 is 5.97 Å². The molecule has 2 aliphatic rings. The van der Waals surface area contributed by atoms with Gasteiger partial charge in [0.05, 0.1) is 12.0 Å². The second-order valence-electron chi connectivity index (χ2n) is 6.42. The smallest absolute Gasteiger partial charge is 0.307 e. The van der Waals surface area contributed by atoms with E-state index in [2.05, 4.69) is 19.9 Å². The molecule has 18 heavy (non-hydrogen) atoms. The number of aliphatic hydroxyl groups excluding tert-OH is 1. The highest BCUT2D eigenvalue weighted by Crippen LogP contribution is 2.58. The van der Waals surface area contributed by atoms with Crippen LogP contribution < -0.4 is 0 Å². The van der Waals surface area contributed by atoms with E-state index < -0.39 is 12.1 Å². The van der Waals surface area contributed by atoms with Gasteiger partial charge in [-0.15, -0.1) is 0 Å². The number of aliphatic hydroxyl groups is 1. The van der Waals surface area contributed by atoms with E-state index >= 15 is 0 Å². The molecule has 4 unspecified atom stereocenters.